The van der Waals surface area contributed by atoms with E-state index in [1.165, 1.54) is 11.8 Å². The van der Waals surface area contributed by atoms with Crippen molar-refractivity contribution in [2.45, 2.75) is 29.5 Å². The minimum Gasteiger partial charge on any atom is -0.461 e. The zero-order chi connectivity index (χ0) is 28.4. The summed E-state index contributed by atoms with van der Waals surface area (Å²) in [6.45, 7) is 0.108. The zero-order valence-corrected chi connectivity index (χ0v) is 22.9. The topological polar surface area (TPSA) is 88.1 Å². The van der Waals surface area contributed by atoms with Crippen LogP contribution < -0.4 is 0 Å². The molecule has 8 heteroatoms. The number of rotatable bonds is 10. The molecule has 0 saturated carbocycles. The number of carbonyl (C=O) groups excluding carboxylic acids is 3. The van der Waals surface area contributed by atoms with Gasteiger partial charge in [-0.05, 0) is 42.0 Å². The van der Waals surface area contributed by atoms with Crippen LogP contribution in [-0.2, 0) is 25.6 Å². The van der Waals surface area contributed by atoms with Crippen LogP contribution in [0.2, 0.25) is 0 Å². The summed E-state index contributed by atoms with van der Waals surface area (Å²) < 4.78 is 23.8. The summed E-state index contributed by atoms with van der Waals surface area (Å²) in [4.78, 5) is 39.0. The second-order valence-electron chi connectivity index (χ2n) is 9.28. The smallest absolute Gasteiger partial charge is 0.339 e. The highest BCUT2D eigenvalue weighted by Gasteiger charge is 2.50. The van der Waals surface area contributed by atoms with Crippen molar-refractivity contribution in [3.8, 4) is 0 Å². The van der Waals surface area contributed by atoms with Crippen molar-refractivity contribution in [1.82, 2.24) is 0 Å². The van der Waals surface area contributed by atoms with E-state index in [0.717, 1.165) is 5.56 Å². The van der Waals surface area contributed by atoms with E-state index in [9.17, 15) is 14.4 Å². The Bertz CT molecular complexity index is 1430. The molecule has 7 nitrogen and oxygen atoms in total. The van der Waals surface area contributed by atoms with Crippen LogP contribution >= 0.6 is 11.8 Å². The average molecular weight is 569 g/mol. The quantitative estimate of drug-likeness (QED) is 0.171. The normalized spacial score (nSPS) is 19.7. The Labute approximate surface area is 242 Å². The molecule has 1 fully saturated rings. The third kappa shape index (κ3) is 7.42. The van der Waals surface area contributed by atoms with Gasteiger partial charge in [-0.1, -0.05) is 84.9 Å². The summed E-state index contributed by atoms with van der Waals surface area (Å²) in [5.74, 6) is -1.60. The molecule has 0 N–H and O–H groups in total. The van der Waals surface area contributed by atoms with E-state index in [4.69, 9.17) is 18.9 Å². The predicted octanol–water partition coefficient (Wildman–Crippen LogP) is 5.95. The molecule has 5 rings (SSSR count). The van der Waals surface area contributed by atoms with Crippen LogP contribution in [0.15, 0.2) is 121 Å². The van der Waals surface area contributed by atoms with Gasteiger partial charge < -0.3 is 18.9 Å². The molecule has 0 spiro atoms. The van der Waals surface area contributed by atoms with Crippen molar-refractivity contribution in [2.75, 3.05) is 6.61 Å². The van der Waals surface area contributed by atoms with Gasteiger partial charge in [-0.15, -0.1) is 11.8 Å². The van der Waals surface area contributed by atoms with E-state index in [2.05, 4.69) is 0 Å². The summed E-state index contributed by atoms with van der Waals surface area (Å²) in [6, 6.07) is 35.4. The van der Waals surface area contributed by atoms with Gasteiger partial charge in [0.05, 0.1) is 28.5 Å². The number of thioether (sulfide) groups is 1. The molecule has 1 aliphatic heterocycles. The Balaban J connectivity index is 1.40. The van der Waals surface area contributed by atoms with Crippen LogP contribution in [0.4, 0.5) is 0 Å². The largest absolute Gasteiger partial charge is 0.461 e. The van der Waals surface area contributed by atoms with Gasteiger partial charge in [0.1, 0.15) is 18.8 Å². The van der Waals surface area contributed by atoms with Gasteiger partial charge in [0.25, 0.3) is 0 Å². The first-order valence-corrected chi connectivity index (χ1v) is 14.1. The zero-order valence-electron chi connectivity index (χ0n) is 22.0. The van der Waals surface area contributed by atoms with E-state index in [-0.39, 0.29) is 13.2 Å². The fourth-order valence-corrected chi connectivity index (χ4v) is 5.72. The van der Waals surface area contributed by atoms with Crippen molar-refractivity contribution in [1.29, 1.82) is 0 Å². The number of hydrogen-bond donors (Lipinski definition) is 0. The number of hydrogen-bond acceptors (Lipinski definition) is 8. The van der Waals surface area contributed by atoms with Gasteiger partial charge in [-0.3, -0.25) is 0 Å². The molecule has 0 aromatic heterocycles. The molecule has 4 aromatic carbocycles. The van der Waals surface area contributed by atoms with Crippen molar-refractivity contribution < 1.29 is 33.3 Å². The molecular formula is C33H28O7S. The van der Waals surface area contributed by atoms with Crippen molar-refractivity contribution in [3.63, 3.8) is 0 Å². The van der Waals surface area contributed by atoms with E-state index >= 15 is 0 Å². The summed E-state index contributed by atoms with van der Waals surface area (Å²) in [7, 11) is 0. The molecule has 0 radical (unpaired) electrons. The lowest BCUT2D eigenvalue weighted by molar-refractivity contribution is -0.0860. The van der Waals surface area contributed by atoms with Gasteiger partial charge >= 0.3 is 17.9 Å². The van der Waals surface area contributed by atoms with Crippen LogP contribution in [0.3, 0.4) is 0 Å². The number of ether oxygens (including phenoxy) is 4. The third-order valence-electron chi connectivity index (χ3n) is 6.43. The lowest BCUT2D eigenvalue weighted by atomic mass is 10.1. The second kappa shape index (κ2) is 13.8. The average Bonchev–Trinajstić information content (AvgIpc) is 3.35. The van der Waals surface area contributed by atoms with Crippen LogP contribution in [0.5, 0.6) is 0 Å². The van der Waals surface area contributed by atoms with Gasteiger partial charge in [0.15, 0.2) is 5.44 Å². The van der Waals surface area contributed by atoms with Gasteiger partial charge in [-0.2, -0.15) is 0 Å². The molecular weight excluding hydrogens is 540 g/mol. The minimum absolute atomic E-state index is 0.0876. The van der Waals surface area contributed by atoms with Gasteiger partial charge in [0.2, 0.25) is 0 Å². The summed E-state index contributed by atoms with van der Waals surface area (Å²) in [6.07, 6.45) is -1.71. The Morgan fingerprint density at radius 2 is 1.02 bits per heavy atom. The fraction of sp³-hybridized carbons (Fsp3) is 0.182. The maximum absolute atomic E-state index is 13.2. The highest BCUT2D eigenvalue weighted by Crippen LogP contribution is 2.40. The Kier molecular flexibility index (Phi) is 9.46. The summed E-state index contributed by atoms with van der Waals surface area (Å²) >= 11 is 1.24. The van der Waals surface area contributed by atoms with Crippen LogP contribution in [0.25, 0.3) is 0 Å². The minimum atomic E-state index is -0.881. The molecule has 0 bridgehead atoms. The molecule has 1 aliphatic rings. The molecule has 1 heterocycles. The number of carbonyl (C=O) groups is 3. The van der Waals surface area contributed by atoms with Gasteiger partial charge in [0, 0.05) is 0 Å². The maximum Gasteiger partial charge on any atom is 0.339 e. The highest BCUT2D eigenvalue weighted by molar-refractivity contribution is 8.00. The van der Waals surface area contributed by atoms with Crippen molar-refractivity contribution in [2.24, 2.45) is 0 Å². The van der Waals surface area contributed by atoms with Crippen molar-refractivity contribution in [3.05, 3.63) is 144 Å². The first-order valence-electron chi connectivity index (χ1n) is 13.1. The monoisotopic (exact) mass is 568 g/mol. The summed E-state index contributed by atoms with van der Waals surface area (Å²) in [5, 5.41) is -0.565. The SMILES string of the molecule is O=C(OC[C@H]1SC(OC(=O)c2ccccc2)[C@H](OCc2ccccc2)[C@H]1OC(=O)c1ccccc1)c1ccccc1. The molecule has 1 unspecified atom stereocenters. The molecule has 41 heavy (non-hydrogen) atoms. The lowest BCUT2D eigenvalue weighted by Crippen LogP contribution is -2.41. The van der Waals surface area contributed by atoms with Crippen LogP contribution in [-0.4, -0.2) is 47.4 Å². The number of esters is 3. The fourth-order valence-electron chi connectivity index (χ4n) is 4.33. The van der Waals surface area contributed by atoms with Gasteiger partial charge in [-0.25, -0.2) is 14.4 Å². The number of benzene rings is 4. The highest BCUT2D eigenvalue weighted by atomic mass is 32.2. The van der Waals surface area contributed by atoms with Crippen LogP contribution in [0.1, 0.15) is 36.6 Å². The Morgan fingerprint density at radius 1 is 0.561 bits per heavy atom. The standard InChI is InChI=1S/C33H28O7S/c34-30(24-15-7-2-8-16-24)38-22-27-28(39-31(35)25-17-9-3-10-18-25)29(37-21-23-13-5-1-6-14-23)33(41-27)40-32(36)26-19-11-4-12-20-26/h1-20,27-29,33H,21-22H2/t27-,28+,29-,33?/m1/s1. The third-order valence-corrected chi connectivity index (χ3v) is 7.81. The van der Waals surface area contributed by atoms with E-state index in [1.807, 2.05) is 42.5 Å². The molecule has 0 aliphatic carbocycles. The first-order chi connectivity index (χ1) is 20.1. The van der Waals surface area contributed by atoms with E-state index in [0.29, 0.717) is 16.7 Å². The maximum atomic E-state index is 13.2. The lowest BCUT2D eigenvalue weighted by Gasteiger charge is -2.26. The Hall–Kier alpha value is -4.40. The van der Waals surface area contributed by atoms with E-state index in [1.54, 1.807) is 78.9 Å². The van der Waals surface area contributed by atoms with Crippen molar-refractivity contribution >= 4 is 29.7 Å². The molecule has 0 amide bonds. The molecule has 208 valence electrons. The second-order valence-corrected chi connectivity index (χ2v) is 10.6. The molecule has 4 aromatic rings. The summed E-state index contributed by atoms with van der Waals surface area (Å²) in [5.41, 5.74) is 1.21. The predicted molar refractivity (Wildman–Crippen MR) is 154 cm³/mol. The van der Waals surface area contributed by atoms with Crippen LogP contribution in [0, 0.1) is 0 Å². The molecule has 4 atom stereocenters. The first kappa shape index (κ1) is 28.1. The van der Waals surface area contributed by atoms with E-state index < -0.39 is 40.8 Å². The Morgan fingerprint density at radius 3 is 1.56 bits per heavy atom. The molecule has 1 saturated heterocycles.